The SMILES string of the molecule is O=C(c1ccccc1-c1ccccc1)N1CCN(S(=O)(=O)Cc2ccccc2)CC1. The van der Waals surface area contributed by atoms with Crippen molar-refractivity contribution in [2.75, 3.05) is 26.2 Å². The number of hydrogen-bond acceptors (Lipinski definition) is 3. The molecule has 6 heteroatoms. The third kappa shape index (κ3) is 4.45. The van der Waals surface area contributed by atoms with Gasteiger partial charge in [-0.2, -0.15) is 4.31 Å². The Balaban J connectivity index is 1.46. The fourth-order valence-electron chi connectivity index (χ4n) is 3.75. The molecule has 154 valence electrons. The fourth-order valence-corrected chi connectivity index (χ4v) is 5.27. The van der Waals surface area contributed by atoms with Gasteiger partial charge in [0.15, 0.2) is 0 Å². The summed E-state index contributed by atoms with van der Waals surface area (Å²) in [4.78, 5) is 14.9. The van der Waals surface area contributed by atoms with E-state index in [0.29, 0.717) is 31.7 Å². The summed E-state index contributed by atoms with van der Waals surface area (Å²) in [5, 5.41) is 0. The summed E-state index contributed by atoms with van der Waals surface area (Å²) in [7, 11) is -3.41. The van der Waals surface area contributed by atoms with Crippen LogP contribution in [0.3, 0.4) is 0 Å². The molecule has 1 aliphatic heterocycles. The monoisotopic (exact) mass is 420 g/mol. The zero-order chi connectivity index (χ0) is 21.0. The smallest absolute Gasteiger partial charge is 0.254 e. The highest BCUT2D eigenvalue weighted by molar-refractivity contribution is 7.88. The van der Waals surface area contributed by atoms with E-state index in [9.17, 15) is 13.2 Å². The molecule has 0 spiro atoms. The molecule has 3 aromatic carbocycles. The Morgan fingerprint density at radius 2 is 1.30 bits per heavy atom. The van der Waals surface area contributed by atoms with Gasteiger partial charge >= 0.3 is 0 Å². The molecule has 0 saturated carbocycles. The van der Waals surface area contributed by atoms with E-state index < -0.39 is 10.0 Å². The second kappa shape index (κ2) is 8.81. The molecule has 0 aromatic heterocycles. The normalized spacial score (nSPS) is 15.1. The number of carbonyl (C=O) groups excluding carboxylic acids is 1. The van der Waals surface area contributed by atoms with Crippen LogP contribution in [0.5, 0.6) is 0 Å². The zero-order valence-electron chi connectivity index (χ0n) is 16.6. The van der Waals surface area contributed by atoms with Crippen LogP contribution in [-0.4, -0.2) is 49.7 Å². The summed E-state index contributed by atoms with van der Waals surface area (Å²) < 4.78 is 27.0. The second-order valence-corrected chi connectivity index (χ2v) is 9.31. The average molecular weight is 421 g/mol. The second-order valence-electron chi connectivity index (χ2n) is 7.34. The van der Waals surface area contributed by atoms with Gasteiger partial charge in [-0.05, 0) is 22.8 Å². The van der Waals surface area contributed by atoms with Crippen LogP contribution in [0.4, 0.5) is 0 Å². The summed E-state index contributed by atoms with van der Waals surface area (Å²) in [6.07, 6.45) is 0. The first-order valence-corrected chi connectivity index (χ1v) is 11.6. The van der Waals surface area contributed by atoms with Gasteiger partial charge in [-0.3, -0.25) is 4.79 Å². The molecule has 4 rings (SSSR count). The summed E-state index contributed by atoms with van der Waals surface area (Å²) in [5.74, 6) is -0.0758. The predicted molar refractivity (Wildman–Crippen MR) is 118 cm³/mol. The van der Waals surface area contributed by atoms with Crippen LogP contribution in [0.15, 0.2) is 84.9 Å². The third-order valence-corrected chi connectivity index (χ3v) is 7.20. The van der Waals surface area contributed by atoms with Crippen molar-refractivity contribution in [2.24, 2.45) is 0 Å². The lowest BCUT2D eigenvalue weighted by Gasteiger charge is -2.34. The number of sulfonamides is 1. The minimum Gasteiger partial charge on any atom is -0.336 e. The van der Waals surface area contributed by atoms with Crippen molar-refractivity contribution in [3.8, 4) is 11.1 Å². The van der Waals surface area contributed by atoms with Gasteiger partial charge in [-0.25, -0.2) is 8.42 Å². The highest BCUT2D eigenvalue weighted by Crippen LogP contribution is 2.25. The Bertz CT molecular complexity index is 1110. The Morgan fingerprint density at radius 1 is 0.733 bits per heavy atom. The highest BCUT2D eigenvalue weighted by atomic mass is 32.2. The summed E-state index contributed by atoms with van der Waals surface area (Å²) in [6, 6.07) is 26.6. The van der Waals surface area contributed by atoms with Gasteiger partial charge in [0.05, 0.1) is 5.75 Å². The van der Waals surface area contributed by atoms with Crippen molar-refractivity contribution >= 4 is 15.9 Å². The molecular weight excluding hydrogens is 396 g/mol. The molecular formula is C24H24N2O3S. The topological polar surface area (TPSA) is 57.7 Å². The molecule has 30 heavy (non-hydrogen) atoms. The fraction of sp³-hybridized carbons (Fsp3) is 0.208. The lowest BCUT2D eigenvalue weighted by molar-refractivity contribution is 0.0698. The lowest BCUT2D eigenvalue weighted by Crippen LogP contribution is -2.50. The number of piperazine rings is 1. The van der Waals surface area contributed by atoms with Crippen molar-refractivity contribution in [2.45, 2.75) is 5.75 Å². The number of carbonyl (C=O) groups is 1. The van der Waals surface area contributed by atoms with Crippen LogP contribution in [0.1, 0.15) is 15.9 Å². The summed E-state index contributed by atoms with van der Waals surface area (Å²) in [5.41, 5.74) is 3.30. The van der Waals surface area contributed by atoms with Crippen molar-refractivity contribution < 1.29 is 13.2 Å². The number of amides is 1. The molecule has 1 aliphatic rings. The number of benzene rings is 3. The maximum atomic E-state index is 13.2. The number of rotatable bonds is 5. The Labute approximate surface area is 177 Å². The van der Waals surface area contributed by atoms with E-state index in [2.05, 4.69) is 0 Å². The molecule has 0 radical (unpaired) electrons. The minimum absolute atomic E-state index is 0.0153. The zero-order valence-corrected chi connectivity index (χ0v) is 17.5. The van der Waals surface area contributed by atoms with Crippen molar-refractivity contribution in [3.05, 3.63) is 96.1 Å². The van der Waals surface area contributed by atoms with Crippen LogP contribution in [0.25, 0.3) is 11.1 Å². The average Bonchev–Trinajstić information content (AvgIpc) is 2.80. The van der Waals surface area contributed by atoms with Gasteiger partial charge in [0.25, 0.3) is 5.91 Å². The van der Waals surface area contributed by atoms with E-state index in [1.807, 2.05) is 84.9 Å². The van der Waals surface area contributed by atoms with Gasteiger partial charge in [-0.15, -0.1) is 0 Å². The van der Waals surface area contributed by atoms with Crippen molar-refractivity contribution in [3.63, 3.8) is 0 Å². The maximum absolute atomic E-state index is 13.2. The first-order chi connectivity index (χ1) is 14.5. The predicted octanol–water partition coefficient (Wildman–Crippen LogP) is 3.64. The first-order valence-electron chi connectivity index (χ1n) is 10.00. The van der Waals surface area contributed by atoms with E-state index >= 15 is 0 Å². The molecule has 1 fully saturated rings. The van der Waals surface area contributed by atoms with Crippen LogP contribution in [0.2, 0.25) is 0 Å². The van der Waals surface area contributed by atoms with Crippen molar-refractivity contribution in [1.82, 2.24) is 9.21 Å². The molecule has 1 amide bonds. The Hall–Kier alpha value is -2.96. The molecule has 3 aromatic rings. The van der Waals surface area contributed by atoms with Gasteiger partial charge in [0.2, 0.25) is 10.0 Å². The van der Waals surface area contributed by atoms with Gasteiger partial charge < -0.3 is 4.90 Å². The number of nitrogens with zero attached hydrogens (tertiary/aromatic N) is 2. The molecule has 5 nitrogen and oxygen atoms in total. The quantitative estimate of drug-likeness (QED) is 0.633. The lowest BCUT2D eigenvalue weighted by atomic mass is 9.99. The van der Waals surface area contributed by atoms with Crippen LogP contribution < -0.4 is 0 Å². The maximum Gasteiger partial charge on any atom is 0.254 e. The highest BCUT2D eigenvalue weighted by Gasteiger charge is 2.30. The van der Waals surface area contributed by atoms with E-state index in [0.717, 1.165) is 16.7 Å². The van der Waals surface area contributed by atoms with Gasteiger partial charge in [-0.1, -0.05) is 78.9 Å². The third-order valence-electron chi connectivity index (χ3n) is 5.35. The van der Waals surface area contributed by atoms with Gasteiger partial charge in [0.1, 0.15) is 0 Å². The van der Waals surface area contributed by atoms with Crippen LogP contribution in [0, 0.1) is 0 Å². The van der Waals surface area contributed by atoms with Crippen LogP contribution >= 0.6 is 0 Å². The molecule has 0 atom stereocenters. The standard InChI is InChI=1S/C24H24N2O3S/c27-24(23-14-8-7-13-22(23)21-11-5-2-6-12-21)25-15-17-26(18-16-25)30(28,29)19-20-9-3-1-4-10-20/h1-14H,15-19H2. The summed E-state index contributed by atoms with van der Waals surface area (Å²) in [6.45, 7) is 1.40. The molecule has 0 unspecified atom stereocenters. The summed E-state index contributed by atoms with van der Waals surface area (Å²) >= 11 is 0. The van der Waals surface area contributed by atoms with E-state index in [-0.39, 0.29) is 11.7 Å². The molecule has 0 aliphatic carbocycles. The first kappa shape index (κ1) is 20.3. The van der Waals surface area contributed by atoms with E-state index in [1.54, 1.807) is 4.90 Å². The molecule has 0 N–H and O–H groups in total. The van der Waals surface area contributed by atoms with Gasteiger partial charge in [0, 0.05) is 31.7 Å². The van der Waals surface area contributed by atoms with E-state index in [4.69, 9.17) is 0 Å². The largest absolute Gasteiger partial charge is 0.336 e. The molecule has 1 saturated heterocycles. The Kier molecular flexibility index (Phi) is 5.97. The van der Waals surface area contributed by atoms with Crippen LogP contribution in [-0.2, 0) is 15.8 Å². The van der Waals surface area contributed by atoms with Crippen molar-refractivity contribution in [1.29, 1.82) is 0 Å². The van der Waals surface area contributed by atoms with E-state index in [1.165, 1.54) is 4.31 Å². The molecule has 1 heterocycles. The Morgan fingerprint density at radius 3 is 1.97 bits per heavy atom. The molecule has 0 bridgehead atoms. The minimum atomic E-state index is -3.41. The number of hydrogen-bond donors (Lipinski definition) is 0.